The van der Waals surface area contributed by atoms with Crippen molar-refractivity contribution in [2.24, 2.45) is 0 Å². The van der Waals surface area contributed by atoms with Crippen molar-refractivity contribution in [3.63, 3.8) is 0 Å². The van der Waals surface area contributed by atoms with Crippen LogP contribution in [-0.2, 0) is 16.1 Å². The lowest BCUT2D eigenvalue weighted by Crippen LogP contribution is -2.29. The van der Waals surface area contributed by atoms with Gasteiger partial charge in [0.15, 0.2) is 0 Å². The Hall–Kier alpha value is -4.53. The summed E-state index contributed by atoms with van der Waals surface area (Å²) in [5, 5.41) is 22.4. The first-order valence-corrected chi connectivity index (χ1v) is 9.97. The second kappa shape index (κ2) is 8.91. The van der Waals surface area contributed by atoms with Crippen LogP contribution < -0.4 is 4.74 Å². The van der Waals surface area contributed by atoms with Gasteiger partial charge in [0.05, 0.1) is 23.6 Å². The van der Waals surface area contributed by atoms with Crippen molar-refractivity contribution in [3.05, 3.63) is 105 Å². The number of amides is 1. The van der Waals surface area contributed by atoms with Gasteiger partial charge in [0, 0.05) is 36.6 Å². The molecule has 1 saturated heterocycles. The highest BCUT2D eigenvalue weighted by molar-refractivity contribution is 6.46. The maximum atomic E-state index is 13.1. The molecule has 9 nitrogen and oxygen atoms in total. The Bertz CT molecular complexity index is 1250. The highest BCUT2D eigenvalue weighted by Crippen LogP contribution is 2.41. The molecule has 2 aromatic carbocycles. The van der Waals surface area contributed by atoms with E-state index in [4.69, 9.17) is 4.74 Å². The molecule has 0 aliphatic carbocycles. The first-order chi connectivity index (χ1) is 15.9. The predicted octanol–water partition coefficient (Wildman–Crippen LogP) is 3.62. The minimum Gasteiger partial charge on any atom is -0.507 e. The molecular weight excluding hydrogens is 426 g/mol. The summed E-state index contributed by atoms with van der Waals surface area (Å²) in [6, 6.07) is 14.5. The normalized spacial score (nSPS) is 17.2. The third kappa shape index (κ3) is 4.16. The molecule has 33 heavy (non-hydrogen) atoms. The smallest absolute Gasteiger partial charge is 0.295 e. The van der Waals surface area contributed by atoms with E-state index in [9.17, 15) is 24.8 Å². The number of non-ortho nitro benzene ring substituents is 1. The summed E-state index contributed by atoms with van der Waals surface area (Å²) >= 11 is 0. The second-order valence-corrected chi connectivity index (χ2v) is 7.37. The number of hydrogen-bond donors (Lipinski definition) is 1. The number of hydrogen-bond acceptors (Lipinski definition) is 7. The molecule has 2 heterocycles. The summed E-state index contributed by atoms with van der Waals surface area (Å²) in [6.45, 7) is 0.0329. The first kappa shape index (κ1) is 21.7. The van der Waals surface area contributed by atoms with E-state index in [2.05, 4.69) is 4.98 Å². The minimum absolute atomic E-state index is 0.0329. The standard InChI is InChI=1S/C24H19N3O6/c1-33-19-9-7-16(8-10-19)22(28)20-21(17-5-2-6-18(12-17)27(31)32)26(24(30)23(20)29)14-15-4-3-11-25-13-15/h2-13,21,28H,14H2,1H3/t21-/m0/s1. The van der Waals surface area contributed by atoms with Crippen LogP contribution in [0.4, 0.5) is 5.69 Å². The van der Waals surface area contributed by atoms with Crippen molar-refractivity contribution in [3.8, 4) is 5.75 Å². The number of aliphatic hydroxyl groups excluding tert-OH is 1. The molecule has 0 saturated carbocycles. The summed E-state index contributed by atoms with van der Waals surface area (Å²) < 4.78 is 5.13. The molecule has 0 spiro atoms. The predicted molar refractivity (Wildman–Crippen MR) is 118 cm³/mol. The van der Waals surface area contributed by atoms with E-state index in [1.165, 1.54) is 30.2 Å². The molecule has 166 valence electrons. The van der Waals surface area contributed by atoms with Gasteiger partial charge in [-0.2, -0.15) is 0 Å². The zero-order valence-electron chi connectivity index (χ0n) is 17.5. The number of aliphatic hydroxyl groups is 1. The van der Waals surface area contributed by atoms with Gasteiger partial charge in [0.1, 0.15) is 11.5 Å². The molecular formula is C24H19N3O6. The first-order valence-electron chi connectivity index (χ1n) is 9.97. The van der Waals surface area contributed by atoms with E-state index in [0.29, 0.717) is 22.4 Å². The lowest BCUT2D eigenvalue weighted by atomic mass is 9.95. The van der Waals surface area contributed by atoms with E-state index < -0.39 is 22.7 Å². The van der Waals surface area contributed by atoms with Crippen LogP contribution in [0.1, 0.15) is 22.7 Å². The molecule has 0 bridgehead atoms. The van der Waals surface area contributed by atoms with Gasteiger partial charge < -0.3 is 14.7 Å². The fraction of sp³-hybridized carbons (Fsp3) is 0.125. The van der Waals surface area contributed by atoms with Crippen molar-refractivity contribution in [1.29, 1.82) is 0 Å². The van der Waals surface area contributed by atoms with E-state index in [-0.39, 0.29) is 23.6 Å². The Morgan fingerprint density at radius 2 is 1.91 bits per heavy atom. The van der Waals surface area contributed by atoms with Crippen LogP contribution in [-0.4, -0.2) is 38.7 Å². The molecule has 1 N–H and O–H groups in total. The zero-order valence-corrected chi connectivity index (χ0v) is 17.5. The number of pyridine rings is 1. The molecule has 0 radical (unpaired) electrons. The van der Waals surface area contributed by atoms with Crippen molar-refractivity contribution >= 4 is 23.1 Å². The fourth-order valence-electron chi connectivity index (χ4n) is 3.79. The molecule has 4 rings (SSSR count). The van der Waals surface area contributed by atoms with Gasteiger partial charge in [-0.05, 0) is 41.5 Å². The van der Waals surface area contributed by atoms with Crippen LogP contribution in [0, 0.1) is 10.1 Å². The largest absolute Gasteiger partial charge is 0.507 e. The Labute approximate surface area is 188 Å². The number of ether oxygens (including phenoxy) is 1. The number of nitrogens with zero attached hydrogens (tertiary/aromatic N) is 3. The second-order valence-electron chi connectivity index (χ2n) is 7.37. The third-order valence-electron chi connectivity index (χ3n) is 5.38. The SMILES string of the molecule is COc1ccc(C(O)=C2C(=O)C(=O)N(Cc3cccnc3)[C@H]2c2cccc([N+](=O)[O-])c2)cc1. The molecule has 0 unspecified atom stereocenters. The van der Waals surface area contributed by atoms with Crippen molar-refractivity contribution in [2.75, 3.05) is 7.11 Å². The van der Waals surface area contributed by atoms with Crippen LogP contribution in [0.3, 0.4) is 0 Å². The summed E-state index contributed by atoms with van der Waals surface area (Å²) in [7, 11) is 1.50. The number of nitro groups is 1. The van der Waals surface area contributed by atoms with Crippen molar-refractivity contribution < 1.29 is 24.4 Å². The number of carbonyl (C=O) groups is 2. The highest BCUT2D eigenvalue weighted by atomic mass is 16.6. The van der Waals surface area contributed by atoms with E-state index in [1.807, 2.05) is 0 Å². The number of nitro benzene ring substituents is 1. The van der Waals surface area contributed by atoms with Gasteiger partial charge in [-0.1, -0.05) is 18.2 Å². The summed E-state index contributed by atoms with van der Waals surface area (Å²) in [6.07, 6.45) is 3.15. The number of rotatable bonds is 6. The lowest BCUT2D eigenvalue weighted by molar-refractivity contribution is -0.384. The zero-order chi connectivity index (χ0) is 23.5. The molecule has 1 fully saturated rings. The maximum absolute atomic E-state index is 13.1. The van der Waals surface area contributed by atoms with Crippen LogP contribution in [0.2, 0.25) is 0 Å². The summed E-state index contributed by atoms with van der Waals surface area (Å²) in [5.41, 5.74) is 0.977. The monoisotopic (exact) mass is 445 g/mol. The van der Waals surface area contributed by atoms with Gasteiger partial charge >= 0.3 is 0 Å². The lowest BCUT2D eigenvalue weighted by Gasteiger charge is -2.25. The number of aromatic nitrogens is 1. The minimum atomic E-state index is -1.02. The molecule has 1 aliphatic rings. The number of carbonyl (C=O) groups excluding carboxylic acids is 2. The molecule has 1 aliphatic heterocycles. The number of likely N-dealkylation sites (tertiary alicyclic amines) is 1. The van der Waals surface area contributed by atoms with Gasteiger partial charge in [-0.15, -0.1) is 0 Å². The van der Waals surface area contributed by atoms with Crippen LogP contribution >= 0.6 is 0 Å². The van der Waals surface area contributed by atoms with E-state index in [0.717, 1.165) is 0 Å². The Morgan fingerprint density at radius 3 is 2.55 bits per heavy atom. The van der Waals surface area contributed by atoms with Gasteiger partial charge in [0.2, 0.25) is 0 Å². The van der Waals surface area contributed by atoms with Crippen LogP contribution in [0.5, 0.6) is 5.75 Å². The van der Waals surface area contributed by atoms with Crippen molar-refractivity contribution in [1.82, 2.24) is 9.88 Å². The van der Waals surface area contributed by atoms with Crippen LogP contribution in [0.15, 0.2) is 78.6 Å². The molecule has 9 heteroatoms. The topological polar surface area (TPSA) is 123 Å². The fourth-order valence-corrected chi connectivity index (χ4v) is 3.79. The Balaban J connectivity index is 1.87. The maximum Gasteiger partial charge on any atom is 0.295 e. The van der Waals surface area contributed by atoms with Gasteiger partial charge in [-0.25, -0.2) is 0 Å². The Morgan fingerprint density at radius 1 is 1.15 bits per heavy atom. The molecule has 1 aromatic heterocycles. The molecule has 1 amide bonds. The molecule has 1 atom stereocenters. The quantitative estimate of drug-likeness (QED) is 0.202. The van der Waals surface area contributed by atoms with Crippen molar-refractivity contribution in [2.45, 2.75) is 12.6 Å². The number of methoxy groups -OCH3 is 1. The number of benzene rings is 2. The molecule has 3 aromatic rings. The van der Waals surface area contributed by atoms with Crippen LogP contribution in [0.25, 0.3) is 5.76 Å². The summed E-state index contributed by atoms with van der Waals surface area (Å²) in [4.78, 5) is 42.2. The Kier molecular flexibility index (Phi) is 5.86. The average Bonchev–Trinajstić information content (AvgIpc) is 3.09. The highest BCUT2D eigenvalue weighted by Gasteiger charge is 2.46. The van der Waals surface area contributed by atoms with Gasteiger partial charge in [0.25, 0.3) is 17.4 Å². The van der Waals surface area contributed by atoms with Gasteiger partial charge in [-0.3, -0.25) is 24.7 Å². The number of ketones is 1. The third-order valence-corrected chi connectivity index (χ3v) is 5.38. The summed E-state index contributed by atoms with van der Waals surface area (Å²) in [5.74, 6) is -1.51. The average molecular weight is 445 g/mol. The number of Topliss-reactive ketones (excluding diaryl/α,β-unsaturated/α-hetero) is 1. The van der Waals surface area contributed by atoms with E-state index in [1.54, 1.807) is 54.9 Å². The van der Waals surface area contributed by atoms with E-state index >= 15 is 0 Å².